The smallest absolute Gasteiger partial charge is 0.244 e. The number of aliphatic hydroxyl groups is 1. The molecule has 0 amide bonds. The summed E-state index contributed by atoms with van der Waals surface area (Å²) in [6.07, 6.45) is 7.16. The number of aliphatic hydroxyl groups excluding tert-OH is 1. The maximum Gasteiger partial charge on any atom is 0.244 e. The summed E-state index contributed by atoms with van der Waals surface area (Å²) in [6, 6.07) is 0.0990. The van der Waals surface area contributed by atoms with Crippen molar-refractivity contribution in [2.24, 2.45) is 5.92 Å². The van der Waals surface area contributed by atoms with E-state index in [-0.39, 0.29) is 18.1 Å². The lowest BCUT2D eigenvalue weighted by Crippen LogP contribution is -2.31. The van der Waals surface area contributed by atoms with Crippen molar-refractivity contribution in [3.63, 3.8) is 0 Å². The molecule has 5 heteroatoms. The number of aromatic nitrogens is 2. The highest BCUT2D eigenvalue weighted by molar-refractivity contribution is 5.01. The van der Waals surface area contributed by atoms with Gasteiger partial charge in [-0.1, -0.05) is 38.3 Å². The zero-order chi connectivity index (χ0) is 14.8. The summed E-state index contributed by atoms with van der Waals surface area (Å²) in [6.45, 7) is 5.93. The summed E-state index contributed by atoms with van der Waals surface area (Å²) in [5.74, 6) is 2.50. The molecule has 2 aliphatic rings. The molecule has 5 nitrogen and oxygen atoms in total. The van der Waals surface area contributed by atoms with Crippen LogP contribution in [0.2, 0.25) is 0 Å². The minimum absolute atomic E-state index is 0.0990. The van der Waals surface area contributed by atoms with Gasteiger partial charge < -0.3 is 9.63 Å². The molecule has 2 fully saturated rings. The van der Waals surface area contributed by atoms with Crippen molar-refractivity contribution >= 4 is 0 Å². The fourth-order valence-corrected chi connectivity index (χ4v) is 3.66. The molecular formula is C16H27N3O2. The molecule has 1 aromatic rings. The summed E-state index contributed by atoms with van der Waals surface area (Å²) in [5.41, 5.74) is 0. The molecule has 3 rings (SSSR count). The molecule has 1 aliphatic heterocycles. The van der Waals surface area contributed by atoms with E-state index in [1.165, 1.54) is 32.1 Å². The second-order valence-corrected chi connectivity index (χ2v) is 7.01. The number of β-amino-alcohol motifs (C(OH)–C–C–N with tert-alkyl or cyclic N) is 1. The molecule has 1 aromatic heterocycles. The lowest BCUT2D eigenvalue weighted by Gasteiger charge is -2.29. The Bertz CT molecular complexity index is 454. The fourth-order valence-electron chi connectivity index (χ4n) is 3.66. The lowest BCUT2D eigenvalue weighted by atomic mass is 9.89. The van der Waals surface area contributed by atoms with Gasteiger partial charge in [0.1, 0.15) is 0 Å². The number of hydrogen-bond acceptors (Lipinski definition) is 5. The van der Waals surface area contributed by atoms with E-state index in [2.05, 4.69) is 28.9 Å². The third-order valence-corrected chi connectivity index (χ3v) is 4.86. The zero-order valence-electron chi connectivity index (χ0n) is 13.2. The standard InChI is InChI=1S/C16H27N3O2/c1-11(2)15-17-16(21-18-15)14-8-13(20)10-19(14)9-12-6-4-3-5-7-12/h11-14,20H,3-10H2,1-2H3. The Hall–Kier alpha value is -0.940. The average Bonchev–Trinajstić information content (AvgIpc) is 3.07. The van der Waals surface area contributed by atoms with Crippen LogP contribution in [0, 0.1) is 5.92 Å². The first-order valence-corrected chi connectivity index (χ1v) is 8.39. The molecular weight excluding hydrogens is 266 g/mol. The van der Waals surface area contributed by atoms with Crippen molar-refractivity contribution in [1.82, 2.24) is 15.0 Å². The molecule has 21 heavy (non-hydrogen) atoms. The van der Waals surface area contributed by atoms with Crippen LogP contribution in [0.4, 0.5) is 0 Å². The van der Waals surface area contributed by atoms with E-state index in [1.807, 2.05) is 0 Å². The summed E-state index contributed by atoms with van der Waals surface area (Å²) < 4.78 is 5.46. The molecule has 118 valence electrons. The van der Waals surface area contributed by atoms with Crippen LogP contribution in [0.5, 0.6) is 0 Å². The van der Waals surface area contributed by atoms with Gasteiger partial charge in [0.2, 0.25) is 5.89 Å². The largest absolute Gasteiger partial charge is 0.392 e. The highest BCUT2D eigenvalue weighted by Crippen LogP contribution is 2.34. The van der Waals surface area contributed by atoms with Gasteiger partial charge in [0, 0.05) is 19.0 Å². The maximum absolute atomic E-state index is 10.0. The zero-order valence-corrected chi connectivity index (χ0v) is 13.2. The van der Waals surface area contributed by atoms with Crippen molar-refractivity contribution in [2.75, 3.05) is 13.1 Å². The predicted molar refractivity (Wildman–Crippen MR) is 79.9 cm³/mol. The third-order valence-electron chi connectivity index (χ3n) is 4.86. The molecule has 0 radical (unpaired) electrons. The number of hydrogen-bond donors (Lipinski definition) is 1. The van der Waals surface area contributed by atoms with E-state index in [4.69, 9.17) is 4.52 Å². The first-order chi connectivity index (χ1) is 10.1. The summed E-state index contributed by atoms with van der Waals surface area (Å²) in [5, 5.41) is 14.1. The van der Waals surface area contributed by atoms with Crippen LogP contribution in [-0.4, -0.2) is 39.3 Å². The highest BCUT2D eigenvalue weighted by atomic mass is 16.5. The van der Waals surface area contributed by atoms with Crippen molar-refractivity contribution in [3.8, 4) is 0 Å². The second kappa shape index (κ2) is 6.44. The summed E-state index contributed by atoms with van der Waals surface area (Å²) in [4.78, 5) is 6.90. The van der Waals surface area contributed by atoms with Gasteiger partial charge in [-0.3, -0.25) is 4.90 Å². The monoisotopic (exact) mass is 293 g/mol. The molecule has 0 bridgehead atoms. The van der Waals surface area contributed by atoms with E-state index in [0.717, 1.165) is 24.8 Å². The quantitative estimate of drug-likeness (QED) is 0.925. The van der Waals surface area contributed by atoms with E-state index in [0.29, 0.717) is 12.3 Å². The molecule has 2 atom stereocenters. The Labute approximate surface area is 126 Å². The van der Waals surface area contributed by atoms with Crippen molar-refractivity contribution in [2.45, 2.75) is 70.4 Å². The van der Waals surface area contributed by atoms with Gasteiger partial charge in [-0.15, -0.1) is 0 Å². The molecule has 0 aromatic carbocycles. The SMILES string of the molecule is CC(C)c1noc(C2CC(O)CN2CC2CCCCC2)n1. The van der Waals surface area contributed by atoms with Crippen LogP contribution in [0.1, 0.15) is 76.0 Å². The Morgan fingerprint density at radius 3 is 2.71 bits per heavy atom. The molecule has 1 N–H and O–H groups in total. The molecule has 2 heterocycles. The maximum atomic E-state index is 10.0. The van der Waals surface area contributed by atoms with Crippen LogP contribution in [0.15, 0.2) is 4.52 Å². The third kappa shape index (κ3) is 3.46. The van der Waals surface area contributed by atoms with Gasteiger partial charge in [0.05, 0.1) is 12.1 Å². The molecule has 1 aliphatic carbocycles. The van der Waals surface area contributed by atoms with E-state index < -0.39 is 0 Å². The number of nitrogens with zero attached hydrogens (tertiary/aromatic N) is 3. The van der Waals surface area contributed by atoms with Crippen molar-refractivity contribution < 1.29 is 9.63 Å². The Kier molecular flexibility index (Phi) is 4.60. The van der Waals surface area contributed by atoms with Gasteiger partial charge in [-0.25, -0.2) is 0 Å². The van der Waals surface area contributed by atoms with Gasteiger partial charge in [-0.2, -0.15) is 4.98 Å². The van der Waals surface area contributed by atoms with Gasteiger partial charge in [0.25, 0.3) is 0 Å². The van der Waals surface area contributed by atoms with Gasteiger partial charge in [-0.05, 0) is 25.2 Å². The predicted octanol–water partition coefficient (Wildman–Crippen LogP) is 2.88. The normalized spacial score (nSPS) is 28.6. The lowest BCUT2D eigenvalue weighted by molar-refractivity contribution is 0.147. The molecule has 0 spiro atoms. The topological polar surface area (TPSA) is 62.4 Å². The van der Waals surface area contributed by atoms with E-state index in [9.17, 15) is 5.11 Å². The second-order valence-electron chi connectivity index (χ2n) is 7.01. The molecule has 1 saturated carbocycles. The Morgan fingerprint density at radius 1 is 1.29 bits per heavy atom. The van der Waals surface area contributed by atoms with Crippen LogP contribution >= 0.6 is 0 Å². The minimum atomic E-state index is -0.270. The Balaban J connectivity index is 1.69. The minimum Gasteiger partial charge on any atom is -0.392 e. The number of likely N-dealkylation sites (tertiary alicyclic amines) is 1. The fraction of sp³-hybridized carbons (Fsp3) is 0.875. The van der Waals surface area contributed by atoms with E-state index >= 15 is 0 Å². The van der Waals surface area contributed by atoms with E-state index in [1.54, 1.807) is 0 Å². The first kappa shape index (κ1) is 15.0. The van der Waals surface area contributed by atoms with Gasteiger partial charge in [0.15, 0.2) is 5.82 Å². The van der Waals surface area contributed by atoms with Crippen LogP contribution in [-0.2, 0) is 0 Å². The summed E-state index contributed by atoms with van der Waals surface area (Å²) >= 11 is 0. The van der Waals surface area contributed by atoms with Crippen LogP contribution in [0.3, 0.4) is 0 Å². The molecule has 1 saturated heterocycles. The first-order valence-electron chi connectivity index (χ1n) is 8.39. The highest BCUT2D eigenvalue weighted by Gasteiger charge is 2.37. The van der Waals surface area contributed by atoms with Gasteiger partial charge >= 0.3 is 0 Å². The Morgan fingerprint density at radius 2 is 2.05 bits per heavy atom. The number of rotatable bonds is 4. The molecule has 2 unspecified atom stereocenters. The average molecular weight is 293 g/mol. The van der Waals surface area contributed by atoms with Crippen LogP contribution in [0.25, 0.3) is 0 Å². The van der Waals surface area contributed by atoms with Crippen molar-refractivity contribution in [3.05, 3.63) is 11.7 Å². The van der Waals surface area contributed by atoms with Crippen LogP contribution < -0.4 is 0 Å². The van der Waals surface area contributed by atoms with Crippen molar-refractivity contribution in [1.29, 1.82) is 0 Å². The summed E-state index contributed by atoms with van der Waals surface area (Å²) in [7, 11) is 0.